The van der Waals surface area contributed by atoms with Crippen molar-refractivity contribution in [1.29, 1.82) is 0 Å². The lowest BCUT2D eigenvalue weighted by molar-refractivity contribution is 0.442. The van der Waals surface area contributed by atoms with E-state index in [9.17, 15) is 8.78 Å². The van der Waals surface area contributed by atoms with Crippen molar-refractivity contribution in [2.75, 3.05) is 0 Å². The smallest absolute Gasteiger partial charge is 0.144 e. The number of benzene rings is 1. The van der Waals surface area contributed by atoms with Gasteiger partial charge in [0.25, 0.3) is 0 Å². The summed E-state index contributed by atoms with van der Waals surface area (Å²) >= 11 is 5.55. The molecule has 0 aliphatic heterocycles. The van der Waals surface area contributed by atoms with Crippen LogP contribution in [0.3, 0.4) is 0 Å². The summed E-state index contributed by atoms with van der Waals surface area (Å²) in [5, 5.41) is -0.105. The summed E-state index contributed by atoms with van der Waals surface area (Å²) < 4.78 is 26.2. The lowest BCUT2D eigenvalue weighted by Gasteiger charge is -2.24. The van der Waals surface area contributed by atoms with E-state index in [0.717, 1.165) is 6.07 Å². The zero-order valence-corrected chi connectivity index (χ0v) is 8.83. The van der Waals surface area contributed by atoms with Crippen LogP contribution in [0.4, 0.5) is 8.78 Å². The Morgan fingerprint density at radius 3 is 2.43 bits per heavy atom. The molecule has 0 radical (unpaired) electrons. The van der Waals surface area contributed by atoms with Crippen LogP contribution < -0.4 is 5.73 Å². The third kappa shape index (κ3) is 2.04. The van der Waals surface area contributed by atoms with Gasteiger partial charge in [0.1, 0.15) is 11.6 Å². The molecule has 1 aromatic carbocycles. The van der Waals surface area contributed by atoms with E-state index >= 15 is 0 Å². The largest absolute Gasteiger partial charge is 0.322 e. The highest BCUT2D eigenvalue weighted by Crippen LogP contribution is 2.28. The Hall–Kier alpha value is -0.670. The van der Waals surface area contributed by atoms with Crippen LogP contribution in [0.5, 0.6) is 0 Å². The lowest BCUT2D eigenvalue weighted by Crippen LogP contribution is -2.33. The van der Waals surface area contributed by atoms with E-state index in [-0.39, 0.29) is 10.6 Å². The maximum atomic E-state index is 13.3. The second kappa shape index (κ2) is 3.83. The third-order valence-electron chi connectivity index (χ3n) is 2.36. The molecule has 2 N–H and O–H groups in total. The fourth-order valence-corrected chi connectivity index (χ4v) is 1.31. The van der Waals surface area contributed by atoms with Crippen molar-refractivity contribution in [2.24, 2.45) is 5.73 Å². The Balaban J connectivity index is 3.29. The SMILES string of the molecule is CCC(C)(N)c1cc(Cl)c(F)cc1F. The van der Waals surface area contributed by atoms with Crippen LogP contribution in [0, 0.1) is 11.6 Å². The van der Waals surface area contributed by atoms with Gasteiger partial charge in [0.15, 0.2) is 0 Å². The minimum absolute atomic E-state index is 0.105. The molecule has 78 valence electrons. The minimum atomic E-state index is -0.818. The highest BCUT2D eigenvalue weighted by atomic mass is 35.5. The van der Waals surface area contributed by atoms with Crippen LogP contribution in [0.1, 0.15) is 25.8 Å². The molecule has 1 atom stereocenters. The van der Waals surface area contributed by atoms with Gasteiger partial charge >= 0.3 is 0 Å². The van der Waals surface area contributed by atoms with Gasteiger partial charge < -0.3 is 5.73 Å². The summed E-state index contributed by atoms with van der Waals surface area (Å²) in [6.07, 6.45) is 0.548. The maximum absolute atomic E-state index is 13.3. The van der Waals surface area contributed by atoms with Crippen molar-refractivity contribution < 1.29 is 8.78 Å². The first-order valence-corrected chi connectivity index (χ1v) is 4.70. The molecule has 0 saturated heterocycles. The summed E-state index contributed by atoms with van der Waals surface area (Å²) in [6, 6.07) is 2.01. The van der Waals surface area contributed by atoms with Crippen LogP contribution in [-0.2, 0) is 5.54 Å². The maximum Gasteiger partial charge on any atom is 0.144 e. The summed E-state index contributed by atoms with van der Waals surface area (Å²) in [7, 11) is 0. The second-order valence-corrected chi connectivity index (χ2v) is 3.92. The van der Waals surface area contributed by atoms with Gasteiger partial charge in [-0.05, 0) is 19.4 Å². The van der Waals surface area contributed by atoms with Gasteiger partial charge in [-0.25, -0.2) is 8.78 Å². The molecule has 4 heteroatoms. The van der Waals surface area contributed by atoms with Gasteiger partial charge in [-0.3, -0.25) is 0 Å². The van der Waals surface area contributed by atoms with Crippen molar-refractivity contribution in [1.82, 2.24) is 0 Å². The zero-order chi connectivity index (χ0) is 10.9. The molecule has 1 aromatic rings. The van der Waals surface area contributed by atoms with Crippen molar-refractivity contribution in [2.45, 2.75) is 25.8 Å². The summed E-state index contributed by atoms with van der Waals surface area (Å²) in [4.78, 5) is 0. The first-order chi connectivity index (χ1) is 6.38. The quantitative estimate of drug-likeness (QED) is 0.760. The molecule has 0 saturated carbocycles. The van der Waals surface area contributed by atoms with Gasteiger partial charge in [0, 0.05) is 17.2 Å². The topological polar surface area (TPSA) is 26.0 Å². The van der Waals surface area contributed by atoms with E-state index in [2.05, 4.69) is 0 Å². The Labute approximate surface area is 86.9 Å². The number of hydrogen-bond donors (Lipinski definition) is 1. The molecule has 1 rings (SSSR count). The molecular weight excluding hydrogens is 208 g/mol. The Bertz CT molecular complexity index is 350. The average Bonchev–Trinajstić information content (AvgIpc) is 2.11. The summed E-state index contributed by atoms with van der Waals surface area (Å²) in [5.74, 6) is -1.42. The standard InChI is InChI=1S/C10H12ClF2N/c1-3-10(2,14)6-4-7(11)9(13)5-8(6)12/h4-5H,3,14H2,1-2H3. The van der Waals surface area contributed by atoms with Crippen molar-refractivity contribution in [3.63, 3.8) is 0 Å². The molecule has 14 heavy (non-hydrogen) atoms. The van der Waals surface area contributed by atoms with E-state index in [1.807, 2.05) is 6.92 Å². The Morgan fingerprint density at radius 2 is 1.93 bits per heavy atom. The zero-order valence-electron chi connectivity index (χ0n) is 8.07. The lowest BCUT2D eigenvalue weighted by atomic mass is 9.90. The molecule has 0 fully saturated rings. The van der Waals surface area contributed by atoms with Gasteiger partial charge in [0.05, 0.1) is 5.02 Å². The van der Waals surface area contributed by atoms with Gasteiger partial charge in [0.2, 0.25) is 0 Å². The van der Waals surface area contributed by atoms with E-state index < -0.39 is 17.2 Å². The molecule has 1 unspecified atom stereocenters. The highest BCUT2D eigenvalue weighted by molar-refractivity contribution is 6.30. The fourth-order valence-electron chi connectivity index (χ4n) is 1.15. The molecule has 1 nitrogen and oxygen atoms in total. The van der Waals surface area contributed by atoms with E-state index in [4.69, 9.17) is 17.3 Å². The van der Waals surface area contributed by atoms with Gasteiger partial charge in [-0.2, -0.15) is 0 Å². The van der Waals surface area contributed by atoms with Crippen molar-refractivity contribution in [3.8, 4) is 0 Å². The molecule has 0 aliphatic carbocycles. The predicted octanol–water partition coefficient (Wildman–Crippen LogP) is 3.20. The van der Waals surface area contributed by atoms with Crippen molar-refractivity contribution >= 4 is 11.6 Å². The second-order valence-electron chi connectivity index (χ2n) is 3.52. The monoisotopic (exact) mass is 219 g/mol. The minimum Gasteiger partial charge on any atom is -0.322 e. The normalized spacial score (nSPS) is 15.3. The first-order valence-electron chi connectivity index (χ1n) is 4.32. The third-order valence-corrected chi connectivity index (χ3v) is 2.65. The number of hydrogen-bond acceptors (Lipinski definition) is 1. The van der Waals surface area contributed by atoms with Gasteiger partial charge in [-0.1, -0.05) is 18.5 Å². The van der Waals surface area contributed by atoms with E-state index in [1.54, 1.807) is 6.92 Å². The molecule has 0 heterocycles. The molecule has 0 aliphatic rings. The first kappa shape index (κ1) is 11.4. The number of nitrogens with two attached hydrogens (primary N) is 1. The summed E-state index contributed by atoms with van der Waals surface area (Å²) in [5.41, 5.74) is 5.26. The summed E-state index contributed by atoms with van der Waals surface area (Å²) in [6.45, 7) is 3.51. The molecule has 0 bridgehead atoms. The van der Waals surface area contributed by atoms with Gasteiger partial charge in [-0.15, -0.1) is 0 Å². The van der Waals surface area contributed by atoms with Crippen molar-refractivity contribution in [3.05, 3.63) is 34.4 Å². The average molecular weight is 220 g/mol. The fraction of sp³-hybridized carbons (Fsp3) is 0.400. The molecule has 0 spiro atoms. The van der Waals surface area contributed by atoms with E-state index in [0.29, 0.717) is 6.42 Å². The molecule has 0 amide bonds. The molecular formula is C10H12ClF2N. The van der Waals surface area contributed by atoms with Crippen LogP contribution in [-0.4, -0.2) is 0 Å². The highest BCUT2D eigenvalue weighted by Gasteiger charge is 2.24. The Kier molecular flexibility index (Phi) is 3.12. The predicted molar refractivity (Wildman–Crippen MR) is 53.2 cm³/mol. The number of rotatable bonds is 2. The van der Waals surface area contributed by atoms with E-state index in [1.165, 1.54) is 6.07 Å². The van der Waals surface area contributed by atoms with Crippen LogP contribution in [0.2, 0.25) is 5.02 Å². The molecule has 0 aromatic heterocycles. The Morgan fingerprint density at radius 1 is 1.36 bits per heavy atom. The number of halogens is 3. The van der Waals surface area contributed by atoms with Crippen LogP contribution in [0.15, 0.2) is 12.1 Å². The van der Waals surface area contributed by atoms with Crippen LogP contribution >= 0.6 is 11.6 Å². The van der Waals surface area contributed by atoms with Crippen LogP contribution in [0.25, 0.3) is 0 Å².